The third-order valence-electron chi connectivity index (χ3n) is 5.52. The molecular formula is C27H26N2O3. The van der Waals surface area contributed by atoms with Crippen LogP contribution in [0.3, 0.4) is 0 Å². The molecule has 0 aliphatic carbocycles. The Kier molecular flexibility index (Phi) is 6.08. The summed E-state index contributed by atoms with van der Waals surface area (Å²) in [5, 5.41) is 0. The normalized spacial score (nSPS) is 13.7. The van der Waals surface area contributed by atoms with Gasteiger partial charge in [-0.3, -0.25) is 9.59 Å². The fraction of sp³-hybridized carbons (Fsp3) is 0.185. The lowest BCUT2D eigenvalue weighted by atomic mass is 10.0. The molecule has 3 aromatic rings. The zero-order valence-electron chi connectivity index (χ0n) is 18.5. The highest BCUT2D eigenvalue weighted by atomic mass is 16.5. The summed E-state index contributed by atoms with van der Waals surface area (Å²) in [4.78, 5) is 30.7. The van der Waals surface area contributed by atoms with Gasteiger partial charge in [0.05, 0.1) is 17.9 Å². The van der Waals surface area contributed by atoms with Gasteiger partial charge in [-0.25, -0.2) is 4.90 Å². The van der Waals surface area contributed by atoms with Gasteiger partial charge in [0, 0.05) is 12.2 Å². The van der Waals surface area contributed by atoms with Crippen LogP contribution in [0, 0.1) is 6.92 Å². The zero-order valence-corrected chi connectivity index (χ0v) is 18.5. The number of ether oxygens (including phenoxy) is 1. The third-order valence-corrected chi connectivity index (χ3v) is 5.52. The van der Waals surface area contributed by atoms with Crippen LogP contribution in [-0.4, -0.2) is 25.0 Å². The minimum absolute atomic E-state index is 0.320. The maximum absolute atomic E-state index is 13.8. The molecule has 3 aromatic carbocycles. The Bertz CT molecular complexity index is 1170. The Morgan fingerprint density at radius 3 is 2.09 bits per heavy atom. The van der Waals surface area contributed by atoms with E-state index in [0.717, 1.165) is 17.0 Å². The fourth-order valence-electron chi connectivity index (χ4n) is 4.02. The van der Waals surface area contributed by atoms with E-state index in [9.17, 15) is 9.59 Å². The molecule has 1 heterocycles. The highest BCUT2D eigenvalue weighted by molar-refractivity contribution is 6.46. The number of carbonyl (C=O) groups excluding carboxylic acids is 2. The van der Waals surface area contributed by atoms with Gasteiger partial charge >= 0.3 is 0 Å². The number of rotatable bonds is 7. The standard InChI is InChI=1S/C27H26N2O3/c1-4-28(21-12-7-6-8-13-21)25-24(20-15-17-22(18-16-20)32-5-2)26(30)29(27(25)31)23-14-10-9-11-19(23)3/h6-18H,4-5H2,1-3H3. The number of benzene rings is 3. The lowest BCUT2D eigenvalue weighted by Crippen LogP contribution is -2.35. The molecule has 0 saturated heterocycles. The number of para-hydroxylation sites is 2. The SMILES string of the molecule is CCOc1ccc(C2=C(N(CC)c3ccccc3)C(=O)N(c3ccccc3C)C2=O)cc1. The Morgan fingerprint density at radius 1 is 0.812 bits per heavy atom. The van der Waals surface area contributed by atoms with Gasteiger partial charge in [0.25, 0.3) is 11.8 Å². The molecule has 0 unspecified atom stereocenters. The smallest absolute Gasteiger partial charge is 0.282 e. The van der Waals surface area contributed by atoms with Crippen LogP contribution >= 0.6 is 0 Å². The van der Waals surface area contributed by atoms with Crippen molar-refractivity contribution < 1.29 is 14.3 Å². The molecule has 4 rings (SSSR count). The van der Waals surface area contributed by atoms with Crippen molar-refractivity contribution in [3.8, 4) is 5.75 Å². The summed E-state index contributed by atoms with van der Waals surface area (Å²) in [5.41, 5.74) is 3.80. The number of likely N-dealkylation sites (N-methyl/N-ethyl adjacent to an activating group) is 1. The number of carbonyl (C=O) groups is 2. The molecule has 0 N–H and O–H groups in total. The van der Waals surface area contributed by atoms with Crippen LogP contribution < -0.4 is 14.5 Å². The molecular weight excluding hydrogens is 400 g/mol. The molecule has 0 fully saturated rings. The van der Waals surface area contributed by atoms with Gasteiger partial charge in [-0.1, -0.05) is 48.5 Å². The molecule has 5 nitrogen and oxygen atoms in total. The summed E-state index contributed by atoms with van der Waals surface area (Å²) in [6.07, 6.45) is 0. The van der Waals surface area contributed by atoms with E-state index in [-0.39, 0.29) is 11.8 Å². The van der Waals surface area contributed by atoms with Crippen LogP contribution in [0.4, 0.5) is 11.4 Å². The van der Waals surface area contributed by atoms with E-state index >= 15 is 0 Å². The predicted octanol–water partition coefficient (Wildman–Crippen LogP) is 5.20. The predicted molar refractivity (Wildman–Crippen MR) is 128 cm³/mol. The largest absolute Gasteiger partial charge is 0.494 e. The first-order valence-electron chi connectivity index (χ1n) is 10.8. The van der Waals surface area contributed by atoms with E-state index in [0.29, 0.717) is 35.7 Å². The van der Waals surface area contributed by atoms with Gasteiger partial charge in [0.15, 0.2) is 0 Å². The molecule has 0 atom stereocenters. The molecule has 5 heteroatoms. The second-order valence-electron chi connectivity index (χ2n) is 7.49. The number of imide groups is 1. The van der Waals surface area contributed by atoms with Gasteiger partial charge in [-0.2, -0.15) is 0 Å². The van der Waals surface area contributed by atoms with Crippen molar-refractivity contribution >= 4 is 28.8 Å². The monoisotopic (exact) mass is 426 g/mol. The number of anilines is 2. The first-order chi connectivity index (χ1) is 15.6. The topological polar surface area (TPSA) is 49.9 Å². The van der Waals surface area contributed by atoms with Crippen LogP contribution in [0.2, 0.25) is 0 Å². The average Bonchev–Trinajstić information content (AvgIpc) is 3.06. The van der Waals surface area contributed by atoms with E-state index in [2.05, 4.69) is 0 Å². The Balaban J connectivity index is 1.89. The summed E-state index contributed by atoms with van der Waals surface area (Å²) >= 11 is 0. The molecule has 0 spiro atoms. The number of amides is 2. The molecule has 1 aliphatic rings. The molecule has 32 heavy (non-hydrogen) atoms. The quantitative estimate of drug-likeness (QED) is 0.487. The Morgan fingerprint density at radius 2 is 1.47 bits per heavy atom. The van der Waals surface area contributed by atoms with Crippen LogP contribution in [0.1, 0.15) is 25.0 Å². The van der Waals surface area contributed by atoms with Crippen LogP contribution in [0.15, 0.2) is 84.6 Å². The molecule has 0 bridgehead atoms. The summed E-state index contributed by atoms with van der Waals surface area (Å²) in [6, 6.07) is 24.5. The summed E-state index contributed by atoms with van der Waals surface area (Å²) in [5.74, 6) is 0.0815. The Labute approximate surface area is 188 Å². The Hall–Kier alpha value is -3.86. The van der Waals surface area contributed by atoms with Crippen molar-refractivity contribution in [1.82, 2.24) is 0 Å². The second-order valence-corrected chi connectivity index (χ2v) is 7.49. The summed E-state index contributed by atoms with van der Waals surface area (Å²) < 4.78 is 5.55. The van der Waals surface area contributed by atoms with Gasteiger partial charge in [-0.05, 0) is 62.2 Å². The van der Waals surface area contributed by atoms with Crippen molar-refractivity contribution in [1.29, 1.82) is 0 Å². The average molecular weight is 427 g/mol. The van der Waals surface area contributed by atoms with Crippen LogP contribution in [0.5, 0.6) is 5.75 Å². The number of hydrogen-bond donors (Lipinski definition) is 0. The first-order valence-corrected chi connectivity index (χ1v) is 10.8. The molecule has 0 aromatic heterocycles. The van der Waals surface area contributed by atoms with Crippen LogP contribution in [0.25, 0.3) is 5.57 Å². The molecule has 2 amide bonds. The highest BCUT2D eigenvalue weighted by Crippen LogP contribution is 2.38. The van der Waals surface area contributed by atoms with Crippen molar-refractivity contribution in [2.75, 3.05) is 23.0 Å². The number of hydrogen-bond acceptors (Lipinski definition) is 4. The van der Waals surface area contributed by atoms with Gasteiger partial charge in [-0.15, -0.1) is 0 Å². The second kappa shape index (κ2) is 9.10. The third kappa shape index (κ3) is 3.78. The highest BCUT2D eigenvalue weighted by Gasteiger charge is 2.43. The summed E-state index contributed by atoms with van der Waals surface area (Å²) in [6.45, 7) is 6.90. The minimum Gasteiger partial charge on any atom is -0.494 e. The zero-order chi connectivity index (χ0) is 22.7. The molecule has 1 aliphatic heterocycles. The molecule has 0 radical (unpaired) electrons. The van der Waals surface area contributed by atoms with E-state index < -0.39 is 0 Å². The van der Waals surface area contributed by atoms with E-state index in [4.69, 9.17) is 4.74 Å². The van der Waals surface area contributed by atoms with E-state index in [1.807, 2.05) is 105 Å². The van der Waals surface area contributed by atoms with Crippen molar-refractivity contribution in [2.24, 2.45) is 0 Å². The van der Waals surface area contributed by atoms with Gasteiger partial charge < -0.3 is 9.64 Å². The first kappa shape index (κ1) is 21.4. The minimum atomic E-state index is -0.321. The van der Waals surface area contributed by atoms with E-state index in [1.54, 1.807) is 0 Å². The molecule has 162 valence electrons. The van der Waals surface area contributed by atoms with Crippen molar-refractivity contribution in [2.45, 2.75) is 20.8 Å². The number of nitrogens with zero attached hydrogens (tertiary/aromatic N) is 2. The maximum atomic E-state index is 13.8. The van der Waals surface area contributed by atoms with Crippen molar-refractivity contribution in [3.63, 3.8) is 0 Å². The van der Waals surface area contributed by atoms with Crippen LogP contribution in [-0.2, 0) is 9.59 Å². The van der Waals surface area contributed by atoms with Crippen molar-refractivity contribution in [3.05, 3.63) is 95.7 Å². The lowest BCUT2D eigenvalue weighted by Gasteiger charge is -2.25. The lowest BCUT2D eigenvalue weighted by molar-refractivity contribution is -0.120. The fourth-order valence-corrected chi connectivity index (χ4v) is 4.02. The van der Waals surface area contributed by atoms with Gasteiger partial charge in [0.2, 0.25) is 0 Å². The number of aryl methyl sites for hydroxylation is 1. The van der Waals surface area contributed by atoms with Gasteiger partial charge in [0.1, 0.15) is 11.4 Å². The molecule has 0 saturated carbocycles. The van der Waals surface area contributed by atoms with E-state index in [1.165, 1.54) is 4.90 Å². The summed E-state index contributed by atoms with van der Waals surface area (Å²) in [7, 11) is 0. The maximum Gasteiger partial charge on any atom is 0.282 e.